The summed E-state index contributed by atoms with van der Waals surface area (Å²) in [6.07, 6.45) is -3.58. The van der Waals surface area contributed by atoms with Crippen molar-refractivity contribution in [1.29, 1.82) is 0 Å². The Morgan fingerprint density at radius 1 is 1.04 bits per heavy atom. The predicted octanol–water partition coefficient (Wildman–Crippen LogP) is 3.19. The quantitative estimate of drug-likeness (QED) is 0.687. The Morgan fingerprint density at radius 3 is 2.19 bits per heavy atom. The monoisotopic (exact) mass is 374 g/mol. The van der Waals surface area contributed by atoms with Crippen LogP contribution in [0.25, 0.3) is 0 Å². The van der Waals surface area contributed by atoms with Crippen molar-refractivity contribution in [2.75, 3.05) is 13.2 Å². The predicted molar refractivity (Wildman–Crippen MR) is 91.5 cm³/mol. The number of rotatable bonds is 8. The van der Waals surface area contributed by atoms with Crippen molar-refractivity contribution in [1.82, 2.24) is 10.6 Å². The maximum absolute atomic E-state index is 12.1. The molecule has 0 atom stereocenters. The second-order valence-electron chi connectivity index (χ2n) is 6.93. The average Bonchev–Trinajstić information content (AvgIpc) is 2.54. The molecule has 1 aromatic rings. The van der Waals surface area contributed by atoms with Gasteiger partial charge in [0.05, 0.1) is 0 Å². The summed E-state index contributed by atoms with van der Waals surface area (Å²) in [5.41, 5.74) is 0.289. The molecule has 2 N–H and O–H groups in total. The Kier molecular flexibility index (Phi) is 7.92. The zero-order valence-electron chi connectivity index (χ0n) is 15.2. The van der Waals surface area contributed by atoms with Crippen LogP contribution in [0.15, 0.2) is 24.3 Å². The van der Waals surface area contributed by atoms with Crippen LogP contribution in [0.1, 0.15) is 39.2 Å². The highest BCUT2D eigenvalue weighted by Gasteiger charge is 2.28. The standard InChI is InChI=1S/C18H25F3N2O3/c1-17(2,3)16(25)22-10-4-5-15(24)23-11-13-6-8-14(9-7-13)26-12-18(19,20)21/h6-9H,4-5,10-12H2,1-3H3,(H,22,25)(H,23,24). The molecule has 8 heteroatoms. The minimum absolute atomic E-state index is 0.0641. The summed E-state index contributed by atoms with van der Waals surface area (Å²) >= 11 is 0. The number of hydrogen-bond donors (Lipinski definition) is 2. The summed E-state index contributed by atoms with van der Waals surface area (Å²) in [7, 11) is 0. The second kappa shape index (κ2) is 9.45. The van der Waals surface area contributed by atoms with Crippen molar-refractivity contribution in [2.24, 2.45) is 5.41 Å². The lowest BCUT2D eigenvalue weighted by molar-refractivity contribution is -0.153. The molecule has 0 radical (unpaired) electrons. The number of alkyl halides is 3. The number of ether oxygens (including phenoxy) is 1. The van der Waals surface area contributed by atoms with Crippen LogP contribution in [-0.4, -0.2) is 31.1 Å². The first-order chi connectivity index (χ1) is 12.0. The summed E-state index contributed by atoms with van der Waals surface area (Å²) in [4.78, 5) is 23.4. The van der Waals surface area contributed by atoms with Crippen molar-refractivity contribution < 1.29 is 27.5 Å². The Morgan fingerprint density at radius 2 is 1.65 bits per heavy atom. The van der Waals surface area contributed by atoms with E-state index >= 15 is 0 Å². The minimum Gasteiger partial charge on any atom is -0.484 e. The number of hydrogen-bond acceptors (Lipinski definition) is 3. The Hall–Kier alpha value is -2.25. The molecule has 26 heavy (non-hydrogen) atoms. The van der Waals surface area contributed by atoms with Crippen molar-refractivity contribution in [2.45, 2.75) is 46.3 Å². The van der Waals surface area contributed by atoms with E-state index in [1.807, 2.05) is 20.8 Å². The summed E-state index contributed by atoms with van der Waals surface area (Å²) in [5, 5.41) is 5.49. The molecule has 0 aliphatic rings. The van der Waals surface area contributed by atoms with Crippen LogP contribution < -0.4 is 15.4 Å². The van der Waals surface area contributed by atoms with Crippen LogP contribution >= 0.6 is 0 Å². The van der Waals surface area contributed by atoms with Crippen molar-refractivity contribution >= 4 is 11.8 Å². The van der Waals surface area contributed by atoms with Gasteiger partial charge in [-0.05, 0) is 24.1 Å². The summed E-state index contributed by atoms with van der Waals surface area (Å²) in [6, 6.07) is 6.04. The van der Waals surface area contributed by atoms with E-state index in [1.165, 1.54) is 12.1 Å². The van der Waals surface area contributed by atoms with Crippen LogP contribution in [0.3, 0.4) is 0 Å². The molecular weight excluding hydrogens is 349 g/mol. The van der Waals surface area contributed by atoms with Crippen LogP contribution in [0.2, 0.25) is 0 Å². The molecule has 1 rings (SSSR count). The van der Waals surface area contributed by atoms with E-state index in [0.717, 1.165) is 5.56 Å². The van der Waals surface area contributed by atoms with Crippen LogP contribution in [0.5, 0.6) is 5.75 Å². The Balaban J connectivity index is 2.25. The average molecular weight is 374 g/mol. The van der Waals surface area contributed by atoms with Gasteiger partial charge in [-0.2, -0.15) is 13.2 Å². The van der Waals surface area contributed by atoms with Crippen LogP contribution in [0, 0.1) is 5.41 Å². The van der Waals surface area contributed by atoms with Gasteiger partial charge in [0, 0.05) is 24.9 Å². The smallest absolute Gasteiger partial charge is 0.422 e. The third-order valence-electron chi connectivity index (χ3n) is 3.36. The van der Waals surface area contributed by atoms with E-state index in [0.29, 0.717) is 13.0 Å². The first kappa shape index (κ1) is 21.8. The third-order valence-corrected chi connectivity index (χ3v) is 3.36. The summed E-state index contributed by atoms with van der Waals surface area (Å²) < 4.78 is 40.8. The molecule has 0 unspecified atom stereocenters. The second-order valence-corrected chi connectivity index (χ2v) is 6.93. The van der Waals surface area contributed by atoms with E-state index < -0.39 is 18.2 Å². The molecule has 5 nitrogen and oxygen atoms in total. The van der Waals surface area contributed by atoms with E-state index in [4.69, 9.17) is 0 Å². The van der Waals surface area contributed by atoms with Gasteiger partial charge in [0.2, 0.25) is 11.8 Å². The number of carbonyl (C=O) groups excluding carboxylic acids is 2. The molecule has 0 aliphatic heterocycles. The van der Waals surface area contributed by atoms with Gasteiger partial charge in [-0.1, -0.05) is 32.9 Å². The highest BCUT2D eigenvalue weighted by Crippen LogP contribution is 2.18. The zero-order chi connectivity index (χ0) is 19.8. The van der Waals surface area contributed by atoms with Gasteiger partial charge in [-0.25, -0.2) is 0 Å². The number of nitrogens with one attached hydrogen (secondary N) is 2. The van der Waals surface area contributed by atoms with E-state index in [-0.39, 0.29) is 30.5 Å². The van der Waals surface area contributed by atoms with Gasteiger partial charge in [0.25, 0.3) is 0 Å². The third kappa shape index (κ3) is 9.29. The van der Waals surface area contributed by atoms with Gasteiger partial charge in [-0.15, -0.1) is 0 Å². The Bertz CT molecular complexity index is 593. The number of halogens is 3. The fraction of sp³-hybridized carbons (Fsp3) is 0.556. The zero-order valence-corrected chi connectivity index (χ0v) is 15.2. The SMILES string of the molecule is CC(C)(C)C(=O)NCCCC(=O)NCc1ccc(OCC(F)(F)F)cc1. The van der Waals surface area contributed by atoms with Gasteiger partial charge in [0.1, 0.15) is 5.75 Å². The van der Waals surface area contributed by atoms with E-state index in [1.54, 1.807) is 12.1 Å². The molecule has 0 aromatic heterocycles. The van der Waals surface area contributed by atoms with Crippen molar-refractivity contribution in [3.63, 3.8) is 0 Å². The Labute approximate surface area is 151 Å². The fourth-order valence-corrected chi connectivity index (χ4v) is 1.87. The molecule has 146 valence electrons. The van der Waals surface area contributed by atoms with E-state index in [2.05, 4.69) is 15.4 Å². The topological polar surface area (TPSA) is 67.4 Å². The summed E-state index contributed by atoms with van der Waals surface area (Å²) in [6.45, 7) is 4.80. The maximum atomic E-state index is 12.1. The van der Waals surface area contributed by atoms with Gasteiger partial charge in [0.15, 0.2) is 6.61 Å². The van der Waals surface area contributed by atoms with Crippen molar-refractivity contribution in [3.05, 3.63) is 29.8 Å². The first-order valence-electron chi connectivity index (χ1n) is 8.31. The maximum Gasteiger partial charge on any atom is 0.422 e. The molecule has 2 amide bonds. The van der Waals surface area contributed by atoms with Crippen molar-refractivity contribution in [3.8, 4) is 5.75 Å². The molecule has 0 spiro atoms. The molecule has 0 saturated heterocycles. The first-order valence-corrected chi connectivity index (χ1v) is 8.31. The molecular formula is C18H25F3N2O3. The molecule has 0 aliphatic carbocycles. The lowest BCUT2D eigenvalue weighted by atomic mass is 9.96. The lowest BCUT2D eigenvalue weighted by Crippen LogP contribution is -2.35. The van der Waals surface area contributed by atoms with Gasteiger partial charge in [-0.3, -0.25) is 9.59 Å². The molecule has 0 fully saturated rings. The molecule has 1 aromatic carbocycles. The van der Waals surface area contributed by atoms with Gasteiger partial charge < -0.3 is 15.4 Å². The van der Waals surface area contributed by atoms with E-state index in [9.17, 15) is 22.8 Å². The highest BCUT2D eigenvalue weighted by molar-refractivity contribution is 5.81. The van der Waals surface area contributed by atoms with Crippen LogP contribution in [0.4, 0.5) is 13.2 Å². The molecule has 0 bridgehead atoms. The summed E-state index contributed by atoms with van der Waals surface area (Å²) in [5.74, 6) is -0.106. The molecule has 0 saturated carbocycles. The fourth-order valence-electron chi connectivity index (χ4n) is 1.87. The minimum atomic E-state index is -4.38. The van der Waals surface area contributed by atoms with Gasteiger partial charge >= 0.3 is 6.18 Å². The lowest BCUT2D eigenvalue weighted by Gasteiger charge is -2.17. The number of benzene rings is 1. The normalized spacial score (nSPS) is 11.8. The number of amides is 2. The molecule has 0 heterocycles. The number of carbonyl (C=O) groups is 2. The van der Waals surface area contributed by atoms with Crippen LogP contribution in [-0.2, 0) is 16.1 Å². The highest BCUT2D eigenvalue weighted by atomic mass is 19.4. The largest absolute Gasteiger partial charge is 0.484 e.